The first-order chi connectivity index (χ1) is 11.8. The maximum Gasteiger partial charge on any atom is 0.234 e. The monoisotopic (exact) mass is 333 g/mol. The molecule has 0 bridgehead atoms. The summed E-state index contributed by atoms with van der Waals surface area (Å²) in [5.74, 6) is 1.03. The molecule has 2 aliphatic rings. The fourth-order valence-corrected chi connectivity index (χ4v) is 3.08. The maximum absolute atomic E-state index is 11.4. The molecule has 1 amide bonds. The first-order valence-electron chi connectivity index (χ1n) is 8.80. The van der Waals surface area contributed by atoms with Gasteiger partial charge in [-0.15, -0.1) is 0 Å². The van der Waals surface area contributed by atoms with Crippen molar-refractivity contribution >= 4 is 5.91 Å². The molecule has 1 aromatic carbocycles. The Kier molecular flexibility index (Phi) is 6.46. The van der Waals surface area contributed by atoms with E-state index in [-0.39, 0.29) is 5.91 Å². The molecule has 0 aliphatic carbocycles. The van der Waals surface area contributed by atoms with Gasteiger partial charge < -0.3 is 14.8 Å². The third kappa shape index (κ3) is 5.47. The van der Waals surface area contributed by atoms with Crippen LogP contribution in [0.15, 0.2) is 24.3 Å². The van der Waals surface area contributed by atoms with E-state index < -0.39 is 0 Å². The molecule has 2 heterocycles. The molecule has 6 nitrogen and oxygen atoms in total. The van der Waals surface area contributed by atoms with Crippen LogP contribution < -0.4 is 10.1 Å². The van der Waals surface area contributed by atoms with Gasteiger partial charge in [0, 0.05) is 39.3 Å². The Hall–Kier alpha value is -1.63. The normalized spacial score (nSPS) is 19.9. The second-order valence-electron chi connectivity index (χ2n) is 6.36. The number of benzene rings is 1. The number of rotatable bonds is 7. The van der Waals surface area contributed by atoms with Crippen LogP contribution in [0.2, 0.25) is 0 Å². The minimum atomic E-state index is 0.112. The summed E-state index contributed by atoms with van der Waals surface area (Å²) >= 11 is 0. The van der Waals surface area contributed by atoms with Crippen LogP contribution in [0.5, 0.6) is 5.75 Å². The van der Waals surface area contributed by atoms with E-state index in [1.807, 2.05) is 12.1 Å². The minimum Gasteiger partial charge on any atom is -0.494 e. The number of morpholine rings is 1. The number of carbonyl (C=O) groups is 1. The summed E-state index contributed by atoms with van der Waals surface area (Å²) in [5, 5.41) is 2.85. The van der Waals surface area contributed by atoms with Crippen molar-refractivity contribution in [1.82, 2.24) is 15.1 Å². The van der Waals surface area contributed by atoms with Crippen LogP contribution in [-0.2, 0) is 16.1 Å². The van der Waals surface area contributed by atoms with E-state index in [2.05, 4.69) is 27.2 Å². The Morgan fingerprint density at radius 3 is 2.62 bits per heavy atom. The van der Waals surface area contributed by atoms with Gasteiger partial charge in [0.1, 0.15) is 5.75 Å². The average molecular weight is 333 g/mol. The van der Waals surface area contributed by atoms with Crippen LogP contribution in [-0.4, -0.2) is 74.8 Å². The van der Waals surface area contributed by atoms with E-state index in [4.69, 9.17) is 9.47 Å². The number of ether oxygens (including phenoxy) is 2. The van der Waals surface area contributed by atoms with Crippen LogP contribution in [0.4, 0.5) is 0 Å². The lowest BCUT2D eigenvalue weighted by Gasteiger charge is -2.26. The van der Waals surface area contributed by atoms with Gasteiger partial charge in [-0.3, -0.25) is 14.6 Å². The van der Waals surface area contributed by atoms with E-state index in [0.717, 1.165) is 71.3 Å². The van der Waals surface area contributed by atoms with E-state index in [1.165, 1.54) is 5.56 Å². The Morgan fingerprint density at radius 2 is 1.88 bits per heavy atom. The molecule has 0 spiro atoms. The van der Waals surface area contributed by atoms with Crippen molar-refractivity contribution in [1.29, 1.82) is 0 Å². The Balaban J connectivity index is 1.35. The standard InChI is InChI=1S/C18H27N3O3/c22-18-15-21(8-6-19-18)14-16-2-4-17(5-3-16)24-11-1-7-20-9-12-23-13-10-20/h2-5H,1,6-15H2,(H,19,22). The van der Waals surface area contributed by atoms with Gasteiger partial charge in [0.05, 0.1) is 26.4 Å². The molecule has 0 atom stereocenters. The summed E-state index contributed by atoms with van der Waals surface area (Å²) < 4.78 is 11.2. The number of piperazine rings is 1. The lowest BCUT2D eigenvalue weighted by Crippen LogP contribution is -2.47. The zero-order valence-electron chi connectivity index (χ0n) is 14.2. The largest absolute Gasteiger partial charge is 0.494 e. The molecule has 6 heteroatoms. The lowest BCUT2D eigenvalue weighted by molar-refractivity contribution is -0.124. The first-order valence-corrected chi connectivity index (χ1v) is 8.80. The Morgan fingerprint density at radius 1 is 1.08 bits per heavy atom. The summed E-state index contributed by atoms with van der Waals surface area (Å²) in [4.78, 5) is 16.0. The van der Waals surface area contributed by atoms with Crippen molar-refractivity contribution < 1.29 is 14.3 Å². The average Bonchev–Trinajstić information content (AvgIpc) is 2.61. The van der Waals surface area contributed by atoms with Crippen molar-refractivity contribution in [2.24, 2.45) is 0 Å². The third-order valence-electron chi connectivity index (χ3n) is 4.44. The molecule has 2 saturated heterocycles. The van der Waals surface area contributed by atoms with Gasteiger partial charge in [0.2, 0.25) is 5.91 Å². The second kappa shape index (κ2) is 9.01. The quantitative estimate of drug-likeness (QED) is 0.745. The molecule has 0 radical (unpaired) electrons. The molecule has 24 heavy (non-hydrogen) atoms. The summed E-state index contributed by atoms with van der Waals surface area (Å²) in [6.07, 6.45) is 1.03. The molecule has 0 saturated carbocycles. The minimum absolute atomic E-state index is 0.112. The lowest BCUT2D eigenvalue weighted by atomic mass is 10.2. The molecule has 0 unspecified atom stereocenters. The maximum atomic E-state index is 11.4. The summed E-state index contributed by atoms with van der Waals surface area (Å²) in [6, 6.07) is 8.22. The Bertz CT molecular complexity index is 515. The summed E-state index contributed by atoms with van der Waals surface area (Å²) in [7, 11) is 0. The number of hydrogen-bond acceptors (Lipinski definition) is 5. The summed E-state index contributed by atoms with van der Waals surface area (Å²) in [5.41, 5.74) is 1.21. The smallest absolute Gasteiger partial charge is 0.234 e. The van der Waals surface area contributed by atoms with Crippen LogP contribution in [0.25, 0.3) is 0 Å². The molecular weight excluding hydrogens is 306 g/mol. The van der Waals surface area contributed by atoms with Crippen molar-refractivity contribution in [3.63, 3.8) is 0 Å². The van der Waals surface area contributed by atoms with Gasteiger partial charge in [0.15, 0.2) is 0 Å². The number of hydrogen-bond donors (Lipinski definition) is 1. The van der Waals surface area contributed by atoms with Crippen molar-refractivity contribution in [3.05, 3.63) is 29.8 Å². The van der Waals surface area contributed by atoms with Crippen molar-refractivity contribution in [2.45, 2.75) is 13.0 Å². The van der Waals surface area contributed by atoms with Crippen LogP contribution in [0, 0.1) is 0 Å². The Labute approximate surface area is 143 Å². The first kappa shape index (κ1) is 17.2. The molecule has 1 aromatic rings. The van der Waals surface area contributed by atoms with Gasteiger partial charge in [-0.1, -0.05) is 12.1 Å². The van der Waals surface area contributed by atoms with Crippen molar-refractivity contribution in [2.75, 3.05) is 59.1 Å². The predicted octanol–water partition coefficient (Wildman–Crippen LogP) is 0.720. The van der Waals surface area contributed by atoms with E-state index in [9.17, 15) is 4.79 Å². The molecule has 1 N–H and O–H groups in total. The van der Waals surface area contributed by atoms with Crippen LogP contribution in [0.3, 0.4) is 0 Å². The topological polar surface area (TPSA) is 54.0 Å². The van der Waals surface area contributed by atoms with Crippen LogP contribution >= 0.6 is 0 Å². The fraction of sp³-hybridized carbons (Fsp3) is 0.611. The van der Waals surface area contributed by atoms with Gasteiger partial charge in [0.25, 0.3) is 0 Å². The SMILES string of the molecule is O=C1CN(Cc2ccc(OCCCN3CCOCC3)cc2)CCN1. The van der Waals surface area contributed by atoms with Gasteiger partial charge in [-0.25, -0.2) is 0 Å². The molecule has 3 rings (SSSR count). The highest BCUT2D eigenvalue weighted by molar-refractivity contribution is 5.78. The van der Waals surface area contributed by atoms with Gasteiger partial charge >= 0.3 is 0 Å². The van der Waals surface area contributed by atoms with Crippen molar-refractivity contribution in [3.8, 4) is 5.75 Å². The fourth-order valence-electron chi connectivity index (χ4n) is 3.08. The molecule has 2 fully saturated rings. The number of amides is 1. The third-order valence-corrected chi connectivity index (χ3v) is 4.44. The molecule has 2 aliphatic heterocycles. The molecular formula is C18H27N3O3. The van der Waals surface area contributed by atoms with Gasteiger partial charge in [-0.05, 0) is 24.1 Å². The molecule has 132 valence electrons. The highest BCUT2D eigenvalue weighted by Gasteiger charge is 2.15. The highest BCUT2D eigenvalue weighted by Crippen LogP contribution is 2.14. The predicted molar refractivity (Wildman–Crippen MR) is 92.1 cm³/mol. The van der Waals surface area contributed by atoms with E-state index >= 15 is 0 Å². The van der Waals surface area contributed by atoms with E-state index in [0.29, 0.717) is 6.54 Å². The number of carbonyl (C=O) groups excluding carboxylic acids is 1. The number of nitrogens with one attached hydrogen (secondary N) is 1. The van der Waals surface area contributed by atoms with Crippen LogP contribution in [0.1, 0.15) is 12.0 Å². The van der Waals surface area contributed by atoms with E-state index in [1.54, 1.807) is 0 Å². The second-order valence-corrected chi connectivity index (χ2v) is 6.36. The highest BCUT2D eigenvalue weighted by atomic mass is 16.5. The summed E-state index contributed by atoms with van der Waals surface area (Å²) in [6.45, 7) is 8.51. The van der Waals surface area contributed by atoms with Gasteiger partial charge in [-0.2, -0.15) is 0 Å². The number of nitrogens with zero attached hydrogens (tertiary/aromatic N) is 2. The molecule has 0 aromatic heterocycles. The zero-order valence-corrected chi connectivity index (χ0v) is 14.2. The zero-order chi connectivity index (χ0) is 16.6.